The van der Waals surface area contributed by atoms with Crippen molar-refractivity contribution in [2.75, 3.05) is 11.9 Å². The highest BCUT2D eigenvalue weighted by Gasteiger charge is 2.23. The van der Waals surface area contributed by atoms with Gasteiger partial charge >= 0.3 is 5.97 Å². The van der Waals surface area contributed by atoms with Crippen molar-refractivity contribution in [1.29, 1.82) is 0 Å². The van der Waals surface area contributed by atoms with Crippen LogP contribution in [0.25, 0.3) is 0 Å². The largest absolute Gasteiger partial charge is 0.452 e. The molecule has 0 radical (unpaired) electrons. The highest BCUT2D eigenvalue weighted by atomic mass is 16.5. The smallest absolute Gasteiger partial charge is 0.338 e. The first kappa shape index (κ1) is 18.0. The van der Waals surface area contributed by atoms with Gasteiger partial charge in [-0.3, -0.25) is 9.59 Å². The Hall–Kier alpha value is -2.37. The summed E-state index contributed by atoms with van der Waals surface area (Å²) in [5.41, 5.74) is 0.936. The minimum atomic E-state index is -0.559. The zero-order valence-corrected chi connectivity index (χ0v) is 14.1. The number of esters is 1. The van der Waals surface area contributed by atoms with Gasteiger partial charge in [-0.2, -0.15) is 0 Å². The summed E-state index contributed by atoms with van der Waals surface area (Å²) < 4.78 is 5.05. The van der Waals surface area contributed by atoms with E-state index in [1.165, 1.54) is 13.3 Å². The van der Waals surface area contributed by atoms with E-state index in [4.69, 9.17) is 4.74 Å². The number of benzene rings is 1. The average molecular weight is 332 g/mol. The van der Waals surface area contributed by atoms with Crippen LogP contribution in [0.2, 0.25) is 0 Å². The Bertz CT molecular complexity index is 598. The molecule has 2 atom stereocenters. The molecule has 1 fully saturated rings. The van der Waals surface area contributed by atoms with Gasteiger partial charge in [0.05, 0.1) is 5.56 Å². The van der Waals surface area contributed by atoms with Crippen molar-refractivity contribution in [3.8, 4) is 0 Å². The summed E-state index contributed by atoms with van der Waals surface area (Å²) in [6.07, 6.45) is 4.42. The number of anilines is 1. The van der Waals surface area contributed by atoms with E-state index in [0.29, 0.717) is 17.2 Å². The van der Waals surface area contributed by atoms with Crippen LogP contribution in [0.15, 0.2) is 24.3 Å². The second-order valence-corrected chi connectivity index (χ2v) is 6.27. The normalized spacial score (nSPS) is 20.1. The van der Waals surface area contributed by atoms with Crippen molar-refractivity contribution in [1.82, 2.24) is 5.32 Å². The van der Waals surface area contributed by atoms with Crippen LogP contribution in [0.4, 0.5) is 5.69 Å². The zero-order chi connectivity index (χ0) is 17.5. The van der Waals surface area contributed by atoms with Crippen molar-refractivity contribution in [2.24, 2.45) is 5.92 Å². The number of carbonyl (C=O) groups is 3. The molecule has 1 aromatic carbocycles. The minimum absolute atomic E-state index is 0.168. The van der Waals surface area contributed by atoms with Crippen LogP contribution in [0.1, 0.15) is 49.9 Å². The molecule has 1 aromatic rings. The molecule has 6 nitrogen and oxygen atoms in total. The van der Waals surface area contributed by atoms with E-state index in [9.17, 15) is 14.4 Å². The maximum atomic E-state index is 11.9. The summed E-state index contributed by atoms with van der Waals surface area (Å²) in [5, 5.41) is 5.56. The van der Waals surface area contributed by atoms with Gasteiger partial charge in [-0.05, 0) is 43.0 Å². The molecule has 0 heterocycles. The molecule has 0 saturated heterocycles. The lowest BCUT2D eigenvalue weighted by molar-refractivity contribution is -0.125. The zero-order valence-electron chi connectivity index (χ0n) is 14.1. The van der Waals surface area contributed by atoms with Crippen molar-refractivity contribution in [3.05, 3.63) is 29.8 Å². The van der Waals surface area contributed by atoms with Gasteiger partial charge < -0.3 is 15.4 Å². The van der Waals surface area contributed by atoms with Crippen LogP contribution < -0.4 is 10.6 Å². The van der Waals surface area contributed by atoms with Gasteiger partial charge in [0.1, 0.15) is 0 Å². The molecule has 1 aliphatic carbocycles. The molecule has 1 aliphatic rings. The van der Waals surface area contributed by atoms with Gasteiger partial charge in [-0.15, -0.1) is 0 Å². The molecule has 0 unspecified atom stereocenters. The van der Waals surface area contributed by atoms with Gasteiger partial charge in [-0.1, -0.05) is 19.8 Å². The van der Waals surface area contributed by atoms with E-state index in [1.807, 2.05) is 0 Å². The highest BCUT2D eigenvalue weighted by Crippen LogP contribution is 2.23. The summed E-state index contributed by atoms with van der Waals surface area (Å²) in [6.45, 7) is 3.26. The van der Waals surface area contributed by atoms with Gasteiger partial charge in [0, 0.05) is 18.7 Å². The lowest BCUT2D eigenvalue weighted by Gasteiger charge is -2.29. The molecule has 24 heavy (non-hydrogen) atoms. The fourth-order valence-corrected chi connectivity index (χ4v) is 2.89. The van der Waals surface area contributed by atoms with Gasteiger partial charge in [0.15, 0.2) is 6.61 Å². The van der Waals surface area contributed by atoms with Crippen molar-refractivity contribution in [2.45, 2.75) is 45.6 Å². The van der Waals surface area contributed by atoms with Crippen LogP contribution in [0.3, 0.4) is 0 Å². The third-order valence-corrected chi connectivity index (χ3v) is 4.23. The Kier molecular flexibility index (Phi) is 6.35. The first-order chi connectivity index (χ1) is 11.5. The van der Waals surface area contributed by atoms with Crippen LogP contribution >= 0.6 is 0 Å². The average Bonchev–Trinajstić information content (AvgIpc) is 2.55. The topological polar surface area (TPSA) is 84.5 Å². The fourth-order valence-electron chi connectivity index (χ4n) is 2.89. The predicted molar refractivity (Wildman–Crippen MR) is 90.6 cm³/mol. The van der Waals surface area contributed by atoms with E-state index < -0.39 is 5.97 Å². The second-order valence-electron chi connectivity index (χ2n) is 6.27. The number of hydrogen-bond acceptors (Lipinski definition) is 4. The molecular weight excluding hydrogens is 308 g/mol. The number of rotatable bonds is 5. The Morgan fingerprint density at radius 3 is 2.42 bits per heavy atom. The maximum Gasteiger partial charge on any atom is 0.338 e. The molecule has 6 heteroatoms. The fraction of sp³-hybridized carbons (Fsp3) is 0.500. The van der Waals surface area contributed by atoms with E-state index >= 15 is 0 Å². The maximum absolute atomic E-state index is 11.9. The number of hydrogen-bond donors (Lipinski definition) is 2. The van der Waals surface area contributed by atoms with E-state index in [1.54, 1.807) is 24.3 Å². The molecule has 0 spiro atoms. The monoisotopic (exact) mass is 332 g/mol. The highest BCUT2D eigenvalue weighted by molar-refractivity contribution is 5.93. The van der Waals surface area contributed by atoms with Crippen LogP contribution in [-0.4, -0.2) is 30.4 Å². The van der Waals surface area contributed by atoms with Crippen molar-refractivity contribution >= 4 is 23.5 Å². The second kappa shape index (κ2) is 8.47. The third kappa shape index (κ3) is 5.37. The first-order valence-corrected chi connectivity index (χ1v) is 8.30. The van der Waals surface area contributed by atoms with E-state index in [2.05, 4.69) is 17.6 Å². The summed E-state index contributed by atoms with van der Waals surface area (Å²) in [6, 6.07) is 6.49. The summed E-state index contributed by atoms with van der Waals surface area (Å²) in [5.74, 6) is -0.549. The van der Waals surface area contributed by atoms with Crippen molar-refractivity contribution in [3.63, 3.8) is 0 Å². The molecule has 0 bridgehead atoms. The van der Waals surface area contributed by atoms with Crippen LogP contribution in [0.5, 0.6) is 0 Å². The first-order valence-electron chi connectivity index (χ1n) is 8.30. The third-order valence-electron chi connectivity index (χ3n) is 4.23. The van der Waals surface area contributed by atoms with Crippen LogP contribution in [-0.2, 0) is 14.3 Å². The Morgan fingerprint density at radius 2 is 1.79 bits per heavy atom. The molecule has 2 N–H and O–H groups in total. The Morgan fingerprint density at radius 1 is 1.12 bits per heavy atom. The summed E-state index contributed by atoms with van der Waals surface area (Å²) in [4.78, 5) is 34.8. The molecule has 1 saturated carbocycles. The van der Waals surface area contributed by atoms with Crippen molar-refractivity contribution < 1.29 is 19.1 Å². The summed E-state index contributed by atoms with van der Waals surface area (Å²) >= 11 is 0. The number of ether oxygens (including phenoxy) is 1. The number of amides is 2. The minimum Gasteiger partial charge on any atom is -0.452 e. The van der Waals surface area contributed by atoms with E-state index in [0.717, 1.165) is 19.3 Å². The SMILES string of the molecule is CC(=O)Nc1ccc(C(=O)OCC(=O)N[C@H]2CCCC[C@@H]2C)cc1. The molecular formula is C18H24N2O4. The lowest BCUT2D eigenvalue weighted by atomic mass is 9.86. The molecule has 0 aliphatic heterocycles. The predicted octanol–water partition coefficient (Wildman–Crippen LogP) is 2.50. The van der Waals surface area contributed by atoms with E-state index in [-0.39, 0.29) is 24.5 Å². The standard InChI is InChI=1S/C18H24N2O4/c1-12-5-3-4-6-16(12)20-17(22)11-24-18(23)14-7-9-15(10-8-14)19-13(2)21/h7-10,12,16H,3-6,11H2,1-2H3,(H,19,21)(H,20,22)/t12-,16-/m0/s1. The summed E-state index contributed by atoms with van der Waals surface area (Å²) in [7, 11) is 0. The van der Waals surface area contributed by atoms with Crippen LogP contribution in [0, 0.1) is 5.92 Å². The Labute approximate surface area is 142 Å². The van der Waals surface area contributed by atoms with Gasteiger partial charge in [-0.25, -0.2) is 4.79 Å². The quantitative estimate of drug-likeness (QED) is 0.811. The van der Waals surface area contributed by atoms with Gasteiger partial charge in [0.25, 0.3) is 5.91 Å². The molecule has 2 rings (SSSR count). The Balaban J connectivity index is 1.79. The lowest BCUT2D eigenvalue weighted by Crippen LogP contribution is -2.42. The molecule has 130 valence electrons. The number of carbonyl (C=O) groups excluding carboxylic acids is 3. The number of nitrogens with one attached hydrogen (secondary N) is 2. The van der Waals surface area contributed by atoms with Gasteiger partial charge in [0.2, 0.25) is 5.91 Å². The molecule has 0 aromatic heterocycles. The molecule has 2 amide bonds.